The summed E-state index contributed by atoms with van der Waals surface area (Å²) in [7, 11) is 0. The number of aliphatic carboxylic acids is 1. The molecule has 0 saturated heterocycles. The molecular formula is C14H28N2O3. The van der Waals surface area contributed by atoms with E-state index in [0.29, 0.717) is 6.42 Å². The number of urea groups is 1. The van der Waals surface area contributed by atoms with Crippen molar-refractivity contribution in [2.24, 2.45) is 5.92 Å². The summed E-state index contributed by atoms with van der Waals surface area (Å²) in [4.78, 5) is 22.4. The second-order valence-corrected chi connectivity index (χ2v) is 5.05. The van der Waals surface area contributed by atoms with E-state index in [4.69, 9.17) is 5.11 Å². The smallest absolute Gasteiger partial charge is 0.315 e. The molecule has 3 N–H and O–H groups in total. The lowest BCUT2D eigenvalue weighted by Gasteiger charge is -2.16. The van der Waals surface area contributed by atoms with Gasteiger partial charge in [0.2, 0.25) is 0 Å². The highest BCUT2D eigenvalue weighted by molar-refractivity contribution is 5.76. The Morgan fingerprint density at radius 2 is 1.84 bits per heavy atom. The molecule has 0 aliphatic heterocycles. The Bertz CT molecular complexity index is 269. The van der Waals surface area contributed by atoms with E-state index in [1.807, 2.05) is 6.92 Å². The number of carbonyl (C=O) groups excluding carboxylic acids is 1. The van der Waals surface area contributed by atoms with Crippen LogP contribution in [0, 0.1) is 5.92 Å². The fourth-order valence-corrected chi connectivity index (χ4v) is 1.85. The van der Waals surface area contributed by atoms with Gasteiger partial charge in [0.1, 0.15) is 0 Å². The van der Waals surface area contributed by atoms with Crippen molar-refractivity contribution in [1.29, 1.82) is 0 Å². The third kappa shape index (κ3) is 9.33. The van der Waals surface area contributed by atoms with E-state index in [1.54, 1.807) is 6.92 Å². The summed E-state index contributed by atoms with van der Waals surface area (Å²) < 4.78 is 0. The Labute approximate surface area is 116 Å². The first-order chi connectivity index (χ1) is 9.01. The van der Waals surface area contributed by atoms with Crippen LogP contribution in [-0.2, 0) is 4.79 Å². The number of nitrogens with one attached hydrogen (secondary N) is 2. The zero-order valence-corrected chi connectivity index (χ0v) is 12.4. The van der Waals surface area contributed by atoms with Crippen LogP contribution in [0.4, 0.5) is 4.79 Å². The monoisotopic (exact) mass is 272 g/mol. The minimum atomic E-state index is -0.865. The van der Waals surface area contributed by atoms with Crippen LogP contribution in [0.1, 0.15) is 59.3 Å². The maximum atomic E-state index is 11.6. The van der Waals surface area contributed by atoms with Gasteiger partial charge in [-0.1, -0.05) is 39.5 Å². The highest BCUT2D eigenvalue weighted by Gasteiger charge is 2.16. The Hall–Kier alpha value is -1.26. The number of carbonyl (C=O) groups is 2. The Kier molecular flexibility index (Phi) is 9.94. The summed E-state index contributed by atoms with van der Waals surface area (Å²) in [5.41, 5.74) is 0. The van der Waals surface area contributed by atoms with Gasteiger partial charge < -0.3 is 15.7 Å². The predicted octanol–water partition coefficient (Wildman–Crippen LogP) is 2.76. The number of amides is 2. The van der Waals surface area contributed by atoms with Crippen LogP contribution in [0.3, 0.4) is 0 Å². The first-order valence-electron chi connectivity index (χ1n) is 7.28. The molecule has 112 valence electrons. The van der Waals surface area contributed by atoms with Crippen molar-refractivity contribution in [1.82, 2.24) is 10.6 Å². The van der Waals surface area contributed by atoms with Crippen molar-refractivity contribution in [3.63, 3.8) is 0 Å². The maximum absolute atomic E-state index is 11.6. The van der Waals surface area contributed by atoms with Gasteiger partial charge in [-0.15, -0.1) is 0 Å². The molecule has 0 aromatic rings. The zero-order chi connectivity index (χ0) is 14.7. The summed E-state index contributed by atoms with van der Waals surface area (Å²) in [6.07, 6.45) is 6.22. The summed E-state index contributed by atoms with van der Waals surface area (Å²) in [5.74, 6) is -1.37. The first-order valence-corrected chi connectivity index (χ1v) is 7.28. The molecule has 0 bridgehead atoms. The molecule has 0 heterocycles. The van der Waals surface area contributed by atoms with Gasteiger partial charge in [-0.3, -0.25) is 4.79 Å². The molecule has 0 spiro atoms. The van der Waals surface area contributed by atoms with Gasteiger partial charge >= 0.3 is 12.0 Å². The molecule has 2 unspecified atom stereocenters. The van der Waals surface area contributed by atoms with Crippen LogP contribution in [0.5, 0.6) is 0 Å². The van der Waals surface area contributed by atoms with Crippen LogP contribution in [0.25, 0.3) is 0 Å². The molecule has 0 aliphatic carbocycles. The highest BCUT2D eigenvalue weighted by atomic mass is 16.4. The SMILES string of the molecule is CCCCCCC(C)NC(=O)NCC(CC)C(=O)O. The Balaban J connectivity index is 3.75. The van der Waals surface area contributed by atoms with Crippen LogP contribution < -0.4 is 10.6 Å². The van der Waals surface area contributed by atoms with Crippen LogP contribution in [0.15, 0.2) is 0 Å². The lowest BCUT2D eigenvalue weighted by Crippen LogP contribution is -2.43. The molecule has 0 radical (unpaired) electrons. The van der Waals surface area contributed by atoms with E-state index in [-0.39, 0.29) is 18.6 Å². The van der Waals surface area contributed by atoms with Gasteiger partial charge in [0.05, 0.1) is 5.92 Å². The molecule has 0 saturated carbocycles. The molecule has 5 nitrogen and oxygen atoms in total. The quantitative estimate of drug-likeness (QED) is 0.535. The second-order valence-electron chi connectivity index (χ2n) is 5.05. The molecule has 5 heteroatoms. The fourth-order valence-electron chi connectivity index (χ4n) is 1.85. The lowest BCUT2D eigenvalue weighted by molar-refractivity contribution is -0.141. The molecule has 2 atom stereocenters. The number of hydrogen-bond acceptors (Lipinski definition) is 2. The van der Waals surface area contributed by atoms with E-state index in [2.05, 4.69) is 17.6 Å². The van der Waals surface area contributed by atoms with Crippen molar-refractivity contribution < 1.29 is 14.7 Å². The molecule has 0 aromatic carbocycles. The van der Waals surface area contributed by atoms with E-state index < -0.39 is 11.9 Å². The van der Waals surface area contributed by atoms with Gasteiger partial charge in [-0.2, -0.15) is 0 Å². The summed E-state index contributed by atoms with van der Waals surface area (Å²) in [6, 6.07) is -0.149. The van der Waals surface area contributed by atoms with Crippen LogP contribution in [-0.4, -0.2) is 29.7 Å². The number of carboxylic acids is 1. The van der Waals surface area contributed by atoms with E-state index >= 15 is 0 Å². The fraction of sp³-hybridized carbons (Fsp3) is 0.857. The van der Waals surface area contributed by atoms with Gasteiger partial charge in [0, 0.05) is 12.6 Å². The maximum Gasteiger partial charge on any atom is 0.315 e. The average Bonchev–Trinajstić information content (AvgIpc) is 2.35. The van der Waals surface area contributed by atoms with E-state index in [9.17, 15) is 9.59 Å². The third-order valence-corrected chi connectivity index (χ3v) is 3.22. The van der Waals surface area contributed by atoms with Crippen molar-refractivity contribution in [2.75, 3.05) is 6.54 Å². The molecule has 0 aliphatic rings. The standard InChI is InChI=1S/C14H28N2O3/c1-4-6-7-8-9-11(3)16-14(19)15-10-12(5-2)13(17)18/h11-12H,4-10H2,1-3H3,(H,17,18)(H2,15,16,19). The second kappa shape index (κ2) is 10.6. The van der Waals surface area contributed by atoms with Gasteiger partial charge in [-0.25, -0.2) is 4.79 Å². The van der Waals surface area contributed by atoms with Crippen molar-refractivity contribution in [3.05, 3.63) is 0 Å². The van der Waals surface area contributed by atoms with Crippen molar-refractivity contribution in [3.8, 4) is 0 Å². The first kappa shape index (κ1) is 17.7. The summed E-state index contributed by atoms with van der Waals surface area (Å²) >= 11 is 0. The van der Waals surface area contributed by atoms with Gasteiger partial charge in [-0.05, 0) is 19.8 Å². The van der Waals surface area contributed by atoms with Crippen molar-refractivity contribution in [2.45, 2.75) is 65.3 Å². The largest absolute Gasteiger partial charge is 0.481 e. The normalized spacial score (nSPS) is 13.6. The van der Waals surface area contributed by atoms with Crippen LogP contribution >= 0.6 is 0 Å². The number of hydrogen-bond donors (Lipinski definition) is 3. The lowest BCUT2D eigenvalue weighted by atomic mass is 10.1. The zero-order valence-electron chi connectivity index (χ0n) is 12.4. The number of unbranched alkanes of at least 4 members (excludes halogenated alkanes) is 3. The molecule has 19 heavy (non-hydrogen) atoms. The topological polar surface area (TPSA) is 78.4 Å². The number of carboxylic acid groups (broad SMARTS) is 1. The average molecular weight is 272 g/mol. The number of rotatable bonds is 10. The summed E-state index contributed by atoms with van der Waals surface area (Å²) in [6.45, 7) is 6.12. The Morgan fingerprint density at radius 3 is 2.37 bits per heavy atom. The molecule has 0 fully saturated rings. The minimum Gasteiger partial charge on any atom is -0.481 e. The van der Waals surface area contributed by atoms with Crippen LogP contribution in [0.2, 0.25) is 0 Å². The summed E-state index contributed by atoms with van der Waals surface area (Å²) in [5, 5.41) is 14.3. The Morgan fingerprint density at radius 1 is 1.16 bits per heavy atom. The minimum absolute atomic E-state index is 0.127. The molecule has 0 rings (SSSR count). The van der Waals surface area contributed by atoms with E-state index in [0.717, 1.165) is 12.8 Å². The predicted molar refractivity (Wildman–Crippen MR) is 76.2 cm³/mol. The molecule has 0 aromatic heterocycles. The van der Waals surface area contributed by atoms with Gasteiger partial charge in [0.15, 0.2) is 0 Å². The molecule has 2 amide bonds. The van der Waals surface area contributed by atoms with Gasteiger partial charge in [0.25, 0.3) is 0 Å². The van der Waals surface area contributed by atoms with Crippen molar-refractivity contribution >= 4 is 12.0 Å². The molecular weight excluding hydrogens is 244 g/mol. The highest BCUT2D eigenvalue weighted by Crippen LogP contribution is 2.05. The van der Waals surface area contributed by atoms with E-state index in [1.165, 1.54) is 19.3 Å². The third-order valence-electron chi connectivity index (χ3n) is 3.22.